The van der Waals surface area contributed by atoms with Crippen LogP contribution in [0.15, 0.2) is 12.1 Å². The highest BCUT2D eigenvalue weighted by atomic mass is 16.5. The lowest BCUT2D eigenvalue weighted by Crippen LogP contribution is -2.10. The zero-order chi connectivity index (χ0) is 12.1. The Bertz CT molecular complexity index is 350. The van der Waals surface area contributed by atoms with Crippen molar-refractivity contribution in [1.82, 2.24) is 0 Å². The maximum atomic E-state index is 5.58. The summed E-state index contributed by atoms with van der Waals surface area (Å²) in [5.74, 6) is 0.878. The molecule has 3 nitrogen and oxygen atoms in total. The first-order valence-electron chi connectivity index (χ1n) is 5.52. The summed E-state index contributed by atoms with van der Waals surface area (Å²) >= 11 is 0. The Labute approximate surface area is 97.6 Å². The Hall–Kier alpha value is -1.06. The van der Waals surface area contributed by atoms with Gasteiger partial charge in [-0.3, -0.25) is 0 Å². The van der Waals surface area contributed by atoms with Crippen molar-refractivity contribution in [1.29, 1.82) is 0 Å². The van der Waals surface area contributed by atoms with Crippen molar-refractivity contribution < 1.29 is 9.47 Å². The number of rotatable bonds is 5. The highest BCUT2D eigenvalue weighted by Gasteiger charge is 2.16. The van der Waals surface area contributed by atoms with Crippen LogP contribution in [0.2, 0.25) is 0 Å². The Morgan fingerprint density at radius 2 is 1.81 bits per heavy atom. The van der Waals surface area contributed by atoms with E-state index in [1.165, 1.54) is 11.1 Å². The van der Waals surface area contributed by atoms with Crippen LogP contribution in [0.4, 0.5) is 0 Å². The third kappa shape index (κ3) is 2.74. The Kier molecular flexibility index (Phi) is 4.77. The molecule has 3 heteroatoms. The van der Waals surface area contributed by atoms with Gasteiger partial charge in [0.25, 0.3) is 0 Å². The van der Waals surface area contributed by atoms with E-state index in [1.807, 2.05) is 6.07 Å². The van der Waals surface area contributed by atoms with E-state index in [0.29, 0.717) is 6.54 Å². The molecule has 1 rings (SSSR count). The molecule has 0 aliphatic carbocycles. The summed E-state index contributed by atoms with van der Waals surface area (Å²) in [4.78, 5) is 0. The molecule has 0 amide bonds. The van der Waals surface area contributed by atoms with E-state index in [2.05, 4.69) is 19.9 Å². The van der Waals surface area contributed by atoms with Crippen LogP contribution in [-0.4, -0.2) is 20.8 Å². The van der Waals surface area contributed by atoms with Crippen molar-refractivity contribution in [3.63, 3.8) is 0 Å². The Morgan fingerprint density at radius 1 is 1.19 bits per heavy atom. The second-order valence-corrected chi connectivity index (χ2v) is 3.98. The first kappa shape index (κ1) is 13.0. The average molecular weight is 223 g/mol. The third-order valence-corrected chi connectivity index (χ3v) is 2.91. The average Bonchev–Trinajstić information content (AvgIpc) is 2.29. The molecule has 0 spiro atoms. The third-order valence-electron chi connectivity index (χ3n) is 2.91. The summed E-state index contributed by atoms with van der Waals surface area (Å²) < 4.78 is 10.8. The van der Waals surface area contributed by atoms with Gasteiger partial charge in [-0.15, -0.1) is 0 Å². The molecule has 16 heavy (non-hydrogen) atoms. The molecule has 0 heterocycles. The van der Waals surface area contributed by atoms with E-state index < -0.39 is 0 Å². The summed E-state index contributed by atoms with van der Waals surface area (Å²) in [6.07, 6.45) is 0.814. The molecule has 0 radical (unpaired) electrons. The van der Waals surface area contributed by atoms with Crippen LogP contribution in [-0.2, 0) is 4.74 Å². The number of aryl methyl sites for hydroxylation is 2. The molecule has 1 unspecified atom stereocenters. The fourth-order valence-corrected chi connectivity index (χ4v) is 1.79. The van der Waals surface area contributed by atoms with Gasteiger partial charge in [0.2, 0.25) is 0 Å². The number of nitrogens with two attached hydrogens (primary N) is 1. The zero-order valence-electron chi connectivity index (χ0n) is 10.5. The molecular formula is C13H21NO2. The largest absolute Gasteiger partial charge is 0.496 e. The molecule has 0 fully saturated rings. The fourth-order valence-electron chi connectivity index (χ4n) is 1.79. The molecule has 0 aliphatic heterocycles. The van der Waals surface area contributed by atoms with Crippen LogP contribution >= 0.6 is 0 Å². The normalized spacial score (nSPS) is 12.6. The zero-order valence-corrected chi connectivity index (χ0v) is 10.5. The molecule has 90 valence electrons. The minimum absolute atomic E-state index is 0.0132. The second kappa shape index (κ2) is 5.87. The number of benzene rings is 1. The van der Waals surface area contributed by atoms with Gasteiger partial charge in [0.05, 0.1) is 13.2 Å². The van der Waals surface area contributed by atoms with Crippen LogP contribution in [0.25, 0.3) is 0 Å². The molecule has 1 aromatic rings. The van der Waals surface area contributed by atoms with Gasteiger partial charge in [-0.05, 0) is 50.1 Å². The fraction of sp³-hybridized carbons (Fsp3) is 0.538. The van der Waals surface area contributed by atoms with Gasteiger partial charge in [-0.1, -0.05) is 0 Å². The topological polar surface area (TPSA) is 44.5 Å². The summed E-state index contributed by atoms with van der Waals surface area (Å²) in [7, 11) is 3.39. The van der Waals surface area contributed by atoms with Gasteiger partial charge in [0, 0.05) is 12.7 Å². The van der Waals surface area contributed by atoms with E-state index >= 15 is 0 Å². The minimum atomic E-state index is 0.0132. The van der Waals surface area contributed by atoms with Crippen molar-refractivity contribution in [2.45, 2.75) is 26.4 Å². The monoisotopic (exact) mass is 223 g/mol. The number of ether oxygens (including phenoxy) is 2. The molecule has 1 atom stereocenters. The predicted octanol–water partition coefficient (Wildman–Crippen LogP) is 2.35. The van der Waals surface area contributed by atoms with E-state index in [9.17, 15) is 0 Å². The second-order valence-electron chi connectivity index (χ2n) is 3.98. The SMILES string of the molecule is COc1cc(C)c(C)cc1C(CCN)OC. The predicted molar refractivity (Wildman–Crippen MR) is 65.9 cm³/mol. The van der Waals surface area contributed by atoms with Gasteiger partial charge < -0.3 is 15.2 Å². The van der Waals surface area contributed by atoms with E-state index in [-0.39, 0.29) is 6.10 Å². The van der Waals surface area contributed by atoms with Crippen LogP contribution < -0.4 is 10.5 Å². The van der Waals surface area contributed by atoms with Crippen molar-refractivity contribution >= 4 is 0 Å². The molecule has 0 aromatic heterocycles. The quantitative estimate of drug-likeness (QED) is 0.833. The lowest BCUT2D eigenvalue weighted by Gasteiger charge is -2.19. The van der Waals surface area contributed by atoms with Gasteiger partial charge in [0.1, 0.15) is 5.75 Å². The van der Waals surface area contributed by atoms with Crippen LogP contribution in [0.5, 0.6) is 5.75 Å². The highest BCUT2D eigenvalue weighted by Crippen LogP contribution is 2.31. The summed E-state index contributed by atoms with van der Waals surface area (Å²) in [6.45, 7) is 4.77. The Morgan fingerprint density at radius 3 is 2.31 bits per heavy atom. The molecule has 0 saturated carbocycles. The summed E-state index contributed by atoms with van der Waals surface area (Å²) in [6, 6.07) is 4.17. The van der Waals surface area contributed by atoms with Crippen LogP contribution in [0.3, 0.4) is 0 Å². The molecule has 1 aromatic carbocycles. The molecule has 0 bridgehead atoms. The van der Waals surface area contributed by atoms with Gasteiger partial charge in [-0.2, -0.15) is 0 Å². The summed E-state index contributed by atoms with van der Waals surface area (Å²) in [5, 5.41) is 0. The smallest absolute Gasteiger partial charge is 0.124 e. The van der Waals surface area contributed by atoms with Crippen LogP contribution in [0.1, 0.15) is 29.2 Å². The maximum absolute atomic E-state index is 5.58. The Balaban J connectivity index is 3.13. The molecule has 0 aliphatic rings. The number of hydrogen-bond donors (Lipinski definition) is 1. The molecule has 2 N–H and O–H groups in total. The van der Waals surface area contributed by atoms with Crippen molar-refractivity contribution in [3.8, 4) is 5.75 Å². The standard InChI is InChI=1S/C13H21NO2/c1-9-7-11(12(15-3)5-6-14)13(16-4)8-10(9)2/h7-8,12H,5-6,14H2,1-4H3. The molecular weight excluding hydrogens is 202 g/mol. The first-order valence-corrected chi connectivity index (χ1v) is 5.52. The van der Waals surface area contributed by atoms with Gasteiger partial charge >= 0.3 is 0 Å². The lowest BCUT2D eigenvalue weighted by atomic mass is 9.99. The number of methoxy groups -OCH3 is 2. The lowest BCUT2D eigenvalue weighted by molar-refractivity contribution is 0.0953. The van der Waals surface area contributed by atoms with Crippen molar-refractivity contribution in [2.75, 3.05) is 20.8 Å². The highest BCUT2D eigenvalue weighted by molar-refractivity contribution is 5.43. The first-order chi connectivity index (χ1) is 7.63. The van der Waals surface area contributed by atoms with Crippen molar-refractivity contribution in [2.24, 2.45) is 5.73 Å². The molecule has 0 saturated heterocycles. The van der Waals surface area contributed by atoms with E-state index in [0.717, 1.165) is 17.7 Å². The van der Waals surface area contributed by atoms with Crippen LogP contribution in [0, 0.1) is 13.8 Å². The minimum Gasteiger partial charge on any atom is -0.496 e. The number of hydrogen-bond acceptors (Lipinski definition) is 3. The van der Waals surface area contributed by atoms with Crippen molar-refractivity contribution in [3.05, 3.63) is 28.8 Å². The van der Waals surface area contributed by atoms with E-state index in [4.69, 9.17) is 15.2 Å². The maximum Gasteiger partial charge on any atom is 0.124 e. The van der Waals surface area contributed by atoms with Gasteiger partial charge in [0.15, 0.2) is 0 Å². The van der Waals surface area contributed by atoms with Gasteiger partial charge in [-0.25, -0.2) is 0 Å². The summed E-state index contributed by atoms with van der Waals surface area (Å²) in [5.41, 5.74) is 9.13. The van der Waals surface area contributed by atoms with E-state index in [1.54, 1.807) is 14.2 Å².